The van der Waals surface area contributed by atoms with Crippen LogP contribution in [0.1, 0.15) is 7.43 Å². The van der Waals surface area contributed by atoms with Gasteiger partial charge in [0.1, 0.15) is 0 Å². The van der Waals surface area contributed by atoms with Gasteiger partial charge >= 0.3 is 16.5 Å². The van der Waals surface area contributed by atoms with Gasteiger partial charge in [0.05, 0.1) is 0 Å². The molecule has 0 aliphatic rings. The van der Waals surface area contributed by atoms with E-state index in [2.05, 4.69) is 0 Å². The summed E-state index contributed by atoms with van der Waals surface area (Å²) in [6.07, 6.45) is 0. The fraction of sp³-hybridized carbons (Fsp3) is 1.00. The molecule has 0 radical (unpaired) electrons. The third-order valence-electron chi connectivity index (χ3n) is 0. The van der Waals surface area contributed by atoms with Gasteiger partial charge in [0.25, 0.3) is 0 Å². The van der Waals surface area contributed by atoms with Crippen LogP contribution < -0.4 is 0 Å². The molecular weight excluding hydrogens is 167 g/mol. The summed E-state index contributed by atoms with van der Waals surface area (Å²) in [7, 11) is -5.17. The molecule has 0 amide bonds. The first kappa shape index (κ1) is 15.7. The van der Waals surface area contributed by atoms with Gasteiger partial charge in [0.2, 0.25) is 0 Å². The Labute approximate surface area is 52.4 Å². The Morgan fingerprint density at radius 2 is 1.14 bits per heavy atom. The van der Waals surface area contributed by atoms with E-state index in [0.29, 0.717) is 0 Å². The maximum Gasteiger partial charge on any atom is 2.00 e. The van der Waals surface area contributed by atoms with Gasteiger partial charge in [-0.15, -0.1) is 0 Å². The second-order valence-corrected chi connectivity index (χ2v) is 1.22. The van der Waals surface area contributed by atoms with Crippen molar-refractivity contribution in [1.29, 1.82) is 0 Å². The summed E-state index contributed by atoms with van der Waals surface area (Å²) in [4.78, 5) is 0. The topological polar surface area (TPSA) is 80.3 Å². The average molecular weight is 171 g/mol. The molecule has 0 aliphatic carbocycles. The fourth-order valence-corrected chi connectivity index (χ4v) is 0. The maximum atomic E-state index is 8.52. The number of hydrogen-bond donors (Lipinski definition) is 0. The molecule has 0 fully saturated rings. The Bertz CT molecular complexity index is 94.9. The Hall–Kier alpha value is 0.364. The summed E-state index contributed by atoms with van der Waals surface area (Å²) in [5.41, 5.74) is 0. The molecule has 0 heterocycles. The first-order valence-corrected chi connectivity index (χ1v) is 2.00. The molecule has 0 aromatic carbocycles. The van der Waals surface area contributed by atoms with Gasteiger partial charge in [-0.25, -0.2) is 0 Å². The van der Waals surface area contributed by atoms with Crippen molar-refractivity contribution < 1.29 is 34.0 Å². The molecule has 0 spiro atoms. The van der Waals surface area contributed by atoms with E-state index in [9.17, 15) is 0 Å². The van der Waals surface area contributed by atoms with Gasteiger partial charge < -0.3 is 9.11 Å². The molecule has 0 saturated carbocycles. The standard InChI is InChI=1S/CH4.Ni.H2O4S/c;;1-5(2,3)4/h1H4;;(H2,1,2,3,4)/q;+2;/p-2. The minimum Gasteiger partial charge on any atom is -0.759 e. The second-order valence-electron chi connectivity index (χ2n) is 0.408. The Morgan fingerprint density at radius 1 is 1.14 bits per heavy atom. The van der Waals surface area contributed by atoms with E-state index in [1.165, 1.54) is 0 Å². The molecule has 0 atom stereocenters. The zero-order chi connectivity index (χ0) is 4.50. The molecule has 0 unspecified atom stereocenters. The molecule has 7 heavy (non-hydrogen) atoms. The van der Waals surface area contributed by atoms with Crippen LogP contribution in [0.5, 0.6) is 0 Å². The van der Waals surface area contributed by atoms with E-state index in [1.54, 1.807) is 0 Å². The van der Waals surface area contributed by atoms with Crippen molar-refractivity contribution >= 4 is 10.4 Å². The summed E-state index contributed by atoms with van der Waals surface area (Å²) in [5, 5.41) is 0. The zero-order valence-electron chi connectivity index (χ0n) is 2.36. The van der Waals surface area contributed by atoms with Crippen LogP contribution in [0.4, 0.5) is 0 Å². The Kier molecular flexibility index (Phi) is 10.1. The van der Waals surface area contributed by atoms with Gasteiger partial charge in [-0.3, -0.25) is 8.42 Å². The number of hydrogen-bond acceptors (Lipinski definition) is 4. The van der Waals surface area contributed by atoms with E-state index in [0.717, 1.165) is 0 Å². The van der Waals surface area contributed by atoms with Crippen LogP contribution in [0, 0.1) is 0 Å². The van der Waals surface area contributed by atoms with E-state index in [-0.39, 0.29) is 23.9 Å². The predicted molar refractivity (Wildman–Crippen MR) is 17.2 cm³/mol. The first-order chi connectivity index (χ1) is 2.00. The van der Waals surface area contributed by atoms with Crippen molar-refractivity contribution in [1.82, 2.24) is 0 Å². The van der Waals surface area contributed by atoms with Gasteiger partial charge in [-0.2, -0.15) is 0 Å². The van der Waals surface area contributed by atoms with Crippen LogP contribution in [0.3, 0.4) is 0 Å². The molecule has 0 rings (SSSR count). The van der Waals surface area contributed by atoms with Gasteiger partial charge in [-0.1, -0.05) is 7.43 Å². The average Bonchev–Trinajstić information content (AvgIpc) is 0.722. The molecule has 0 bridgehead atoms. The summed E-state index contributed by atoms with van der Waals surface area (Å²) in [6, 6.07) is 0. The van der Waals surface area contributed by atoms with E-state index in [1.807, 2.05) is 0 Å². The van der Waals surface area contributed by atoms with Crippen LogP contribution in [0.25, 0.3) is 0 Å². The molecule has 0 saturated heterocycles. The van der Waals surface area contributed by atoms with Crippen molar-refractivity contribution in [2.75, 3.05) is 0 Å². The third-order valence-corrected chi connectivity index (χ3v) is 0. The molecule has 0 N–H and O–H groups in total. The van der Waals surface area contributed by atoms with Crippen LogP contribution >= 0.6 is 0 Å². The molecular formula is CH4NiO4S. The van der Waals surface area contributed by atoms with E-state index in [4.69, 9.17) is 17.5 Å². The van der Waals surface area contributed by atoms with E-state index < -0.39 is 10.4 Å². The van der Waals surface area contributed by atoms with Crippen molar-refractivity contribution in [2.45, 2.75) is 7.43 Å². The minimum atomic E-state index is -5.17. The molecule has 4 nitrogen and oxygen atoms in total. The van der Waals surface area contributed by atoms with Crippen molar-refractivity contribution in [3.8, 4) is 0 Å². The Balaban J connectivity index is -0.0000000800. The largest absolute Gasteiger partial charge is 2.00 e. The minimum absolute atomic E-state index is 0. The van der Waals surface area contributed by atoms with Crippen molar-refractivity contribution in [3.63, 3.8) is 0 Å². The summed E-state index contributed by atoms with van der Waals surface area (Å²) in [5.74, 6) is 0. The van der Waals surface area contributed by atoms with Gasteiger partial charge in [0.15, 0.2) is 0 Å². The van der Waals surface area contributed by atoms with Gasteiger partial charge in [-0.05, 0) is 0 Å². The third kappa shape index (κ3) is 917. The second kappa shape index (κ2) is 4.52. The van der Waals surface area contributed by atoms with E-state index >= 15 is 0 Å². The maximum absolute atomic E-state index is 8.52. The SMILES string of the molecule is C.O=S(=O)([O-])[O-].[Ni+2]. The quantitative estimate of drug-likeness (QED) is 0.274. The van der Waals surface area contributed by atoms with Crippen LogP contribution in [-0.4, -0.2) is 17.5 Å². The smallest absolute Gasteiger partial charge is 0.759 e. The summed E-state index contributed by atoms with van der Waals surface area (Å²) >= 11 is 0. The summed E-state index contributed by atoms with van der Waals surface area (Å²) in [6.45, 7) is 0. The predicted octanol–water partition coefficient (Wildman–Crippen LogP) is -0.704. The summed E-state index contributed by atoms with van der Waals surface area (Å²) < 4.78 is 34.1. The fourth-order valence-electron chi connectivity index (χ4n) is 0. The monoisotopic (exact) mass is 170 g/mol. The first-order valence-electron chi connectivity index (χ1n) is 0.667. The van der Waals surface area contributed by atoms with Crippen molar-refractivity contribution in [2.24, 2.45) is 0 Å². The van der Waals surface area contributed by atoms with Crippen LogP contribution in [-0.2, 0) is 26.9 Å². The van der Waals surface area contributed by atoms with Crippen LogP contribution in [0.15, 0.2) is 0 Å². The molecule has 0 aromatic heterocycles. The normalized spacial score (nSPS) is 8.29. The Morgan fingerprint density at radius 3 is 1.14 bits per heavy atom. The molecule has 48 valence electrons. The molecule has 0 aromatic rings. The molecule has 6 heteroatoms. The zero-order valence-corrected chi connectivity index (χ0v) is 4.16. The van der Waals surface area contributed by atoms with Gasteiger partial charge in [0, 0.05) is 10.4 Å². The van der Waals surface area contributed by atoms with Crippen molar-refractivity contribution in [3.05, 3.63) is 0 Å². The molecule has 0 aliphatic heterocycles. The number of rotatable bonds is 0. The van der Waals surface area contributed by atoms with Crippen LogP contribution in [0.2, 0.25) is 0 Å².